The van der Waals surface area contributed by atoms with E-state index >= 15 is 0 Å². The topological polar surface area (TPSA) is 30.3 Å². The first kappa shape index (κ1) is 28.5. The first-order valence-corrected chi connectivity index (χ1v) is 14.0. The Bertz CT molecular complexity index is 1270. The Hall–Kier alpha value is -3.51. The van der Waals surface area contributed by atoms with Crippen molar-refractivity contribution in [2.45, 2.75) is 72.2 Å². The zero-order valence-electron chi connectivity index (χ0n) is 23.2. The fourth-order valence-corrected chi connectivity index (χ4v) is 4.94. The number of unbranched alkanes of at least 4 members (excludes halogenated alkanes) is 2. The molecular weight excluding hydrogens is 492 g/mol. The number of halogens is 2. The maximum atomic E-state index is 12.7. The highest BCUT2D eigenvalue weighted by Crippen LogP contribution is 2.33. The molecule has 0 saturated heterocycles. The second-order valence-corrected chi connectivity index (χ2v) is 9.92. The molecule has 0 aliphatic carbocycles. The average molecular weight is 532 g/mol. The van der Waals surface area contributed by atoms with Crippen molar-refractivity contribution in [1.82, 2.24) is 14.5 Å². The van der Waals surface area contributed by atoms with Crippen molar-refractivity contribution >= 4 is 0 Å². The highest BCUT2D eigenvalue weighted by atomic mass is 19.3. The van der Waals surface area contributed by atoms with Gasteiger partial charge in [-0.3, -0.25) is 4.90 Å². The smallest absolute Gasteiger partial charge is 0.387 e. The Kier molecular flexibility index (Phi) is 10.3. The predicted molar refractivity (Wildman–Crippen MR) is 155 cm³/mol. The summed E-state index contributed by atoms with van der Waals surface area (Å²) in [6.07, 6.45) is 4.30. The van der Waals surface area contributed by atoms with Gasteiger partial charge in [-0.15, -0.1) is 0 Å². The van der Waals surface area contributed by atoms with Gasteiger partial charge in [0.25, 0.3) is 0 Å². The molecule has 0 fully saturated rings. The van der Waals surface area contributed by atoms with Crippen molar-refractivity contribution in [3.05, 3.63) is 96.2 Å². The molecule has 3 aromatic carbocycles. The quantitative estimate of drug-likeness (QED) is 0.163. The van der Waals surface area contributed by atoms with E-state index in [0.29, 0.717) is 0 Å². The van der Waals surface area contributed by atoms with Crippen molar-refractivity contribution in [3.63, 3.8) is 0 Å². The molecule has 1 aromatic heterocycles. The molecule has 4 aromatic rings. The minimum atomic E-state index is -2.83. The summed E-state index contributed by atoms with van der Waals surface area (Å²) in [6.45, 7) is 6.32. The molecule has 0 spiro atoms. The molecule has 4 rings (SSSR count). The van der Waals surface area contributed by atoms with E-state index in [1.165, 1.54) is 5.69 Å². The van der Waals surface area contributed by atoms with Crippen molar-refractivity contribution < 1.29 is 13.5 Å². The molecule has 1 unspecified atom stereocenters. The summed E-state index contributed by atoms with van der Waals surface area (Å²) in [7, 11) is 0. The summed E-state index contributed by atoms with van der Waals surface area (Å²) in [4.78, 5) is 7.74. The van der Waals surface area contributed by atoms with Gasteiger partial charge >= 0.3 is 6.61 Å². The van der Waals surface area contributed by atoms with Crippen LogP contribution in [0.25, 0.3) is 22.6 Å². The predicted octanol–water partition coefficient (Wildman–Crippen LogP) is 8.98. The van der Waals surface area contributed by atoms with Crippen molar-refractivity contribution in [2.24, 2.45) is 0 Å². The molecule has 0 bridgehead atoms. The van der Waals surface area contributed by atoms with E-state index in [9.17, 15) is 8.78 Å². The number of nitrogens with zero attached hydrogens (tertiary/aromatic N) is 3. The maximum absolute atomic E-state index is 12.7. The molecule has 1 heterocycles. The van der Waals surface area contributed by atoms with Crippen molar-refractivity contribution in [1.29, 1.82) is 0 Å². The molecule has 0 aliphatic rings. The summed E-state index contributed by atoms with van der Waals surface area (Å²) in [5.41, 5.74) is 5.50. The standard InChI is InChI=1S/C33H39F2N3O/c1-4-6-22-37(25(3)26-18-20-29(21-19-26)39-33(34)35)24-30-31(27-14-10-8-11-15-27)36-32(38(30)23-7-5-2)28-16-12-9-13-17-28/h8-21,25,33H,4-7,22-24H2,1-3H3. The highest BCUT2D eigenvalue weighted by molar-refractivity contribution is 5.68. The Balaban J connectivity index is 1.77. The van der Waals surface area contributed by atoms with Gasteiger partial charge in [0.15, 0.2) is 0 Å². The lowest BCUT2D eigenvalue weighted by atomic mass is 10.0. The summed E-state index contributed by atoms with van der Waals surface area (Å²) >= 11 is 0. The molecule has 1 atom stereocenters. The van der Waals surface area contributed by atoms with Crippen LogP contribution in [0.2, 0.25) is 0 Å². The number of aromatic nitrogens is 2. The van der Waals surface area contributed by atoms with Crippen LogP contribution in [0.4, 0.5) is 8.78 Å². The summed E-state index contributed by atoms with van der Waals surface area (Å²) in [5, 5.41) is 0. The fraction of sp³-hybridized carbons (Fsp3) is 0.364. The molecular formula is C33H39F2N3O. The first-order valence-electron chi connectivity index (χ1n) is 14.0. The largest absolute Gasteiger partial charge is 0.435 e. The molecule has 0 N–H and O–H groups in total. The third kappa shape index (κ3) is 7.33. The summed E-state index contributed by atoms with van der Waals surface area (Å²) < 4.78 is 32.3. The molecule has 0 saturated carbocycles. The normalized spacial score (nSPS) is 12.3. The van der Waals surface area contributed by atoms with E-state index in [2.05, 4.69) is 83.5 Å². The molecule has 206 valence electrons. The van der Waals surface area contributed by atoms with Gasteiger partial charge in [0, 0.05) is 30.3 Å². The van der Waals surface area contributed by atoms with E-state index in [1.54, 1.807) is 12.1 Å². The number of alkyl halides is 2. The highest BCUT2D eigenvalue weighted by Gasteiger charge is 2.24. The number of benzene rings is 3. The Morgan fingerprint density at radius 2 is 1.44 bits per heavy atom. The average Bonchev–Trinajstić information content (AvgIpc) is 3.32. The van der Waals surface area contributed by atoms with E-state index in [-0.39, 0.29) is 11.8 Å². The number of hydrogen-bond donors (Lipinski definition) is 0. The molecule has 39 heavy (non-hydrogen) atoms. The van der Waals surface area contributed by atoms with Gasteiger partial charge in [-0.05, 0) is 44.0 Å². The van der Waals surface area contributed by atoms with Crippen LogP contribution >= 0.6 is 0 Å². The van der Waals surface area contributed by atoms with Crippen LogP contribution < -0.4 is 4.74 Å². The number of ether oxygens (including phenoxy) is 1. The minimum absolute atomic E-state index is 0.0791. The van der Waals surface area contributed by atoms with E-state index in [0.717, 1.165) is 73.5 Å². The van der Waals surface area contributed by atoms with E-state index < -0.39 is 6.61 Å². The van der Waals surface area contributed by atoms with Gasteiger partial charge in [-0.1, -0.05) is 99.5 Å². The molecule has 0 radical (unpaired) electrons. The monoisotopic (exact) mass is 531 g/mol. The number of hydrogen-bond acceptors (Lipinski definition) is 3. The van der Waals surface area contributed by atoms with Crippen LogP contribution in [0.5, 0.6) is 5.75 Å². The number of imidazole rings is 1. The van der Waals surface area contributed by atoms with Gasteiger partial charge in [0.2, 0.25) is 0 Å². The molecule has 4 nitrogen and oxygen atoms in total. The second kappa shape index (κ2) is 14.0. The zero-order chi connectivity index (χ0) is 27.6. The second-order valence-electron chi connectivity index (χ2n) is 9.92. The Labute approximate surface area is 231 Å². The fourth-order valence-electron chi connectivity index (χ4n) is 4.94. The lowest BCUT2D eigenvalue weighted by Crippen LogP contribution is -2.29. The van der Waals surface area contributed by atoms with Crippen LogP contribution in [-0.2, 0) is 13.1 Å². The van der Waals surface area contributed by atoms with Crippen LogP contribution in [0.1, 0.15) is 63.8 Å². The Morgan fingerprint density at radius 3 is 2.03 bits per heavy atom. The van der Waals surface area contributed by atoms with Gasteiger partial charge in [0.1, 0.15) is 11.6 Å². The summed E-state index contributed by atoms with van der Waals surface area (Å²) in [5.74, 6) is 1.17. The minimum Gasteiger partial charge on any atom is -0.435 e. The van der Waals surface area contributed by atoms with Gasteiger partial charge < -0.3 is 9.30 Å². The first-order chi connectivity index (χ1) is 19.0. The third-order valence-electron chi connectivity index (χ3n) is 7.17. The maximum Gasteiger partial charge on any atom is 0.387 e. The molecule has 6 heteroatoms. The van der Waals surface area contributed by atoms with Gasteiger partial charge in [-0.2, -0.15) is 8.78 Å². The van der Waals surface area contributed by atoms with E-state index in [4.69, 9.17) is 4.98 Å². The number of rotatable bonds is 14. The lowest BCUT2D eigenvalue weighted by molar-refractivity contribution is -0.0498. The van der Waals surface area contributed by atoms with Crippen molar-refractivity contribution in [3.8, 4) is 28.4 Å². The van der Waals surface area contributed by atoms with Crippen LogP contribution in [0, 0.1) is 0 Å². The lowest BCUT2D eigenvalue weighted by Gasteiger charge is -2.30. The van der Waals surface area contributed by atoms with Crippen molar-refractivity contribution in [2.75, 3.05) is 6.54 Å². The Morgan fingerprint density at radius 1 is 0.821 bits per heavy atom. The third-order valence-corrected chi connectivity index (χ3v) is 7.17. The van der Waals surface area contributed by atoms with Gasteiger partial charge in [0.05, 0.1) is 11.4 Å². The zero-order valence-corrected chi connectivity index (χ0v) is 23.2. The van der Waals surface area contributed by atoms with E-state index in [1.807, 2.05) is 24.3 Å². The molecule has 0 amide bonds. The van der Waals surface area contributed by atoms with Crippen LogP contribution in [0.15, 0.2) is 84.9 Å². The summed E-state index contributed by atoms with van der Waals surface area (Å²) in [6, 6.07) is 28.0. The van der Waals surface area contributed by atoms with Crippen LogP contribution in [-0.4, -0.2) is 27.6 Å². The van der Waals surface area contributed by atoms with Crippen LogP contribution in [0.3, 0.4) is 0 Å². The van der Waals surface area contributed by atoms with Gasteiger partial charge in [-0.25, -0.2) is 4.98 Å². The SMILES string of the molecule is CCCCN(Cc1c(-c2ccccc2)nc(-c2ccccc2)n1CCCC)C(C)c1ccc(OC(F)F)cc1. The molecule has 0 aliphatic heterocycles.